The molecular weight excluding hydrogens is 226 g/mol. The molecule has 0 fully saturated rings. The number of H-pyrrole nitrogens is 1. The van der Waals surface area contributed by atoms with Crippen LogP contribution in [0.1, 0.15) is 0 Å². The monoisotopic (exact) mass is 235 g/mol. The van der Waals surface area contributed by atoms with Crippen molar-refractivity contribution in [3.8, 4) is 11.4 Å². The third-order valence-electron chi connectivity index (χ3n) is 2.23. The van der Waals surface area contributed by atoms with Gasteiger partial charge in [-0.1, -0.05) is 0 Å². The predicted molar refractivity (Wildman–Crippen MR) is 63.3 cm³/mol. The number of pyridine rings is 1. The first-order chi connectivity index (χ1) is 7.33. The van der Waals surface area contributed by atoms with Crippen LogP contribution in [-0.2, 0) is 7.05 Å². The predicted octanol–water partition coefficient (Wildman–Crippen LogP) is 1.78. The highest BCUT2D eigenvalue weighted by Crippen LogP contribution is 2.17. The number of rotatable bonds is 1. The molecule has 3 rings (SSSR count). The maximum Gasteiger partial charge on any atom is 0.157 e. The molecule has 16 heavy (non-hydrogen) atoms. The lowest BCUT2D eigenvalue weighted by Crippen LogP contribution is -1.84. The van der Waals surface area contributed by atoms with E-state index in [1.165, 1.54) is 0 Å². The normalized spacial score (nSPS) is 10.3. The lowest BCUT2D eigenvalue weighted by atomic mass is 10.3. The molecule has 3 aromatic heterocycles. The summed E-state index contributed by atoms with van der Waals surface area (Å²) in [6.07, 6.45) is 5.43. The van der Waals surface area contributed by atoms with E-state index in [-0.39, 0.29) is 12.4 Å². The number of aromatic amines is 1. The summed E-state index contributed by atoms with van der Waals surface area (Å²) in [5, 5.41) is 4.10. The summed E-state index contributed by atoms with van der Waals surface area (Å²) in [5.41, 5.74) is 2.64. The average Bonchev–Trinajstić information content (AvgIpc) is 2.82. The molecule has 0 radical (unpaired) electrons. The van der Waals surface area contributed by atoms with Crippen LogP contribution in [0.25, 0.3) is 22.6 Å². The lowest BCUT2D eigenvalue weighted by Gasteiger charge is -1.86. The van der Waals surface area contributed by atoms with Crippen molar-refractivity contribution in [2.24, 2.45) is 7.05 Å². The second-order valence-corrected chi connectivity index (χ2v) is 3.36. The molecule has 0 aliphatic carbocycles. The molecule has 0 atom stereocenters. The second-order valence-electron chi connectivity index (χ2n) is 3.36. The zero-order chi connectivity index (χ0) is 10.3. The fourth-order valence-electron chi connectivity index (χ4n) is 1.52. The number of imidazole rings is 1. The van der Waals surface area contributed by atoms with Gasteiger partial charge in [0.1, 0.15) is 11.3 Å². The van der Waals surface area contributed by atoms with Crippen molar-refractivity contribution in [3.05, 3.63) is 30.7 Å². The van der Waals surface area contributed by atoms with Crippen LogP contribution in [-0.4, -0.2) is 24.7 Å². The van der Waals surface area contributed by atoms with Crippen LogP contribution in [0.4, 0.5) is 0 Å². The van der Waals surface area contributed by atoms with Gasteiger partial charge in [-0.05, 0) is 12.1 Å². The molecule has 0 saturated heterocycles. The molecule has 5 nitrogen and oxygen atoms in total. The Balaban J connectivity index is 0.000000963. The van der Waals surface area contributed by atoms with E-state index in [0.717, 1.165) is 22.6 Å². The molecule has 0 aliphatic rings. The number of nitrogens with zero attached hydrogens (tertiary/aromatic N) is 4. The fraction of sp³-hybridized carbons (Fsp3) is 0.100. The van der Waals surface area contributed by atoms with E-state index in [1.807, 2.05) is 25.4 Å². The molecule has 0 aromatic carbocycles. The third kappa shape index (κ3) is 1.65. The van der Waals surface area contributed by atoms with Crippen LogP contribution >= 0.6 is 12.4 Å². The van der Waals surface area contributed by atoms with Crippen molar-refractivity contribution >= 4 is 23.6 Å². The molecule has 6 heteroatoms. The molecule has 0 aliphatic heterocycles. The number of aryl methyl sites for hydroxylation is 1. The average molecular weight is 236 g/mol. The first-order valence-electron chi connectivity index (χ1n) is 4.63. The molecule has 3 heterocycles. The number of fused-ring (bicyclic) bond motifs is 1. The molecular formula is C10H10ClN5. The van der Waals surface area contributed by atoms with Crippen LogP contribution in [0.3, 0.4) is 0 Å². The lowest BCUT2D eigenvalue weighted by molar-refractivity contribution is 0.768. The summed E-state index contributed by atoms with van der Waals surface area (Å²) in [6.45, 7) is 0. The molecule has 0 amide bonds. The second kappa shape index (κ2) is 3.94. The van der Waals surface area contributed by atoms with Crippen LogP contribution in [0, 0.1) is 0 Å². The molecule has 0 bridgehead atoms. The minimum absolute atomic E-state index is 0. The summed E-state index contributed by atoms with van der Waals surface area (Å²) in [6, 6.07) is 3.80. The highest BCUT2D eigenvalue weighted by molar-refractivity contribution is 5.85. The number of aromatic nitrogens is 5. The quantitative estimate of drug-likeness (QED) is 0.700. The van der Waals surface area contributed by atoms with Crippen LogP contribution in [0.15, 0.2) is 30.7 Å². The molecule has 0 saturated carbocycles. The zero-order valence-corrected chi connectivity index (χ0v) is 9.40. The van der Waals surface area contributed by atoms with Gasteiger partial charge in [-0.25, -0.2) is 9.97 Å². The Labute approximate surface area is 97.9 Å². The Morgan fingerprint density at radius 2 is 2.25 bits per heavy atom. The van der Waals surface area contributed by atoms with Crippen molar-refractivity contribution in [1.29, 1.82) is 0 Å². The van der Waals surface area contributed by atoms with Gasteiger partial charge < -0.3 is 4.98 Å². The van der Waals surface area contributed by atoms with E-state index in [2.05, 4.69) is 20.1 Å². The van der Waals surface area contributed by atoms with Gasteiger partial charge in [-0.15, -0.1) is 12.4 Å². The fourth-order valence-corrected chi connectivity index (χ4v) is 1.52. The maximum atomic E-state index is 4.42. The summed E-state index contributed by atoms with van der Waals surface area (Å²) >= 11 is 0. The van der Waals surface area contributed by atoms with E-state index in [1.54, 1.807) is 17.1 Å². The smallest absolute Gasteiger partial charge is 0.157 e. The summed E-state index contributed by atoms with van der Waals surface area (Å²) < 4.78 is 1.75. The summed E-state index contributed by atoms with van der Waals surface area (Å²) in [7, 11) is 1.88. The number of halogens is 1. The van der Waals surface area contributed by atoms with Crippen LogP contribution in [0.5, 0.6) is 0 Å². The maximum absolute atomic E-state index is 4.42. The van der Waals surface area contributed by atoms with Crippen molar-refractivity contribution in [2.75, 3.05) is 0 Å². The molecule has 1 N–H and O–H groups in total. The van der Waals surface area contributed by atoms with Crippen molar-refractivity contribution in [1.82, 2.24) is 24.7 Å². The van der Waals surface area contributed by atoms with Crippen LogP contribution < -0.4 is 0 Å². The van der Waals surface area contributed by atoms with Gasteiger partial charge in [0, 0.05) is 19.4 Å². The van der Waals surface area contributed by atoms with Gasteiger partial charge in [-0.3, -0.25) is 4.68 Å². The van der Waals surface area contributed by atoms with Gasteiger partial charge in [0.05, 0.1) is 11.8 Å². The number of nitrogens with one attached hydrogen (secondary N) is 1. The van der Waals surface area contributed by atoms with Gasteiger partial charge >= 0.3 is 0 Å². The summed E-state index contributed by atoms with van der Waals surface area (Å²) in [4.78, 5) is 11.8. The largest absolute Gasteiger partial charge is 0.323 e. The minimum Gasteiger partial charge on any atom is -0.323 e. The molecule has 0 spiro atoms. The molecule has 0 unspecified atom stereocenters. The number of hydrogen-bond donors (Lipinski definition) is 1. The van der Waals surface area contributed by atoms with Gasteiger partial charge in [0.25, 0.3) is 0 Å². The van der Waals surface area contributed by atoms with E-state index < -0.39 is 0 Å². The SMILES string of the molecule is Cl.Cn1cc(-c2nc3cccnc3[nH]2)cn1. The Morgan fingerprint density at radius 3 is 2.94 bits per heavy atom. The third-order valence-corrected chi connectivity index (χ3v) is 2.23. The Bertz CT molecular complexity index is 579. The Kier molecular flexibility index (Phi) is 2.62. The van der Waals surface area contributed by atoms with Crippen LogP contribution in [0.2, 0.25) is 0 Å². The van der Waals surface area contributed by atoms with E-state index in [4.69, 9.17) is 0 Å². The highest BCUT2D eigenvalue weighted by Gasteiger charge is 2.06. The van der Waals surface area contributed by atoms with Crippen molar-refractivity contribution in [2.45, 2.75) is 0 Å². The van der Waals surface area contributed by atoms with Crippen molar-refractivity contribution < 1.29 is 0 Å². The van der Waals surface area contributed by atoms with Crippen molar-refractivity contribution in [3.63, 3.8) is 0 Å². The van der Waals surface area contributed by atoms with Gasteiger partial charge in [0.15, 0.2) is 5.65 Å². The Morgan fingerprint density at radius 1 is 1.38 bits per heavy atom. The zero-order valence-electron chi connectivity index (χ0n) is 8.58. The first kappa shape index (κ1) is 10.6. The number of hydrogen-bond acceptors (Lipinski definition) is 3. The van der Waals surface area contributed by atoms with E-state index >= 15 is 0 Å². The summed E-state index contributed by atoms with van der Waals surface area (Å²) in [5.74, 6) is 0.803. The van der Waals surface area contributed by atoms with E-state index in [0.29, 0.717) is 0 Å². The standard InChI is InChI=1S/C10H9N5.ClH/c1-15-6-7(5-12-15)9-13-8-3-2-4-11-10(8)14-9;/h2-6H,1H3,(H,11,13,14);1H. The van der Waals surface area contributed by atoms with E-state index in [9.17, 15) is 0 Å². The molecule has 82 valence electrons. The Hall–Kier alpha value is -1.88. The van der Waals surface area contributed by atoms with Gasteiger partial charge in [0.2, 0.25) is 0 Å². The van der Waals surface area contributed by atoms with Gasteiger partial charge in [-0.2, -0.15) is 5.10 Å². The topological polar surface area (TPSA) is 59.4 Å². The highest BCUT2D eigenvalue weighted by atomic mass is 35.5. The molecule has 3 aromatic rings. The first-order valence-corrected chi connectivity index (χ1v) is 4.63. The minimum atomic E-state index is 0.